The number of nitrogens with zero attached hydrogens (tertiary/aromatic N) is 1. The fraction of sp³-hybridized carbons (Fsp3) is 0.923. The van der Waals surface area contributed by atoms with Crippen LogP contribution < -0.4 is 5.32 Å². The molecule has 1 amide bonds. The lowest BCUT2D eigenvalue weighted by Crippen LogP contribution is -2.53. The number of rotatable bonds is 6. The van der Waals surface area contributed by atoms with Crippen LogP contribution in [0.4, 0.5) is 4.79 Å². The molecule has 6 heteroatoms. The van der Waals surface area contributed by atoms with E-state index in [0.29, 0.717) is 19.3 Å². The van der Waals surface area contributed by atoms with Gasteiger partial charge in [0, 0.05) is 24.7 Å². The highest BCUT2D eigenvalue weighted by Crippen LogP contribution is 2.15. The monoisotopic (exact) mass is 274 g/mol. The maximum absolute atomic E-state index is 11.6. The zero-order valence-electron chi connectivity index (χ0n) is 12.4. The summed E-state index contributed by atoms with van der Waals surface area (Å²) in [6.45, 7) is 8.35. The van der Waals surface area contributed by atoms with Crippen LogP contribution in [0.1, 0.15) is 33.6 Å². The summed E-state index contributed by atoms with van der Waals surface area (Å²) >= 11 is 0. The van der Waals surface area contributed by atoms with Crippen molar-refractivity contribution in [2.45, 2.75) is 45.2 Å². The van der Waals surface area contributed by atoms with E-state index in [9.17, 15) is 4.79 Å². The van der Waals surface area contributed by atoms with E-state index in [4.69, 9.17) is 9.62 Å². The largest absolute Gasteiger partial charge is 0.450 e. The summed E-state index contributed by atoms with van der Waals surface area (Å²) in [5, 5.41) is 3.54. The summed E-state index contributed by atoms with van der Waals surface area (Å²) in [5.74, 6) is 0. The van der Waals surface area contributed by atoms with Gasteiger partial charge in [-0.2, -0.15) is 0 Å². The molecule has 0 aromatic carbocycles. The van der Waals surface area contributed by atoms with E-state index in [2.05, 4.69) is 24.1 Å². The van der Waals surface area contributed by atoms with Gasteiger partial charge in [-0.1, -0.05) is 0 Å². The number of hydrogen-bond donors (Lipinski definition) is 1. The first-order chi connectivity index (χ1) is 8.98. The molecule has 1 heterocycles. The molecule has 1 saturated heterocycles. The fourth-order valence-corrected chi connectivity index (χ4v) is 2.22. The van der Waals surface area contributed by atoms with Crippen molar-refractivity contribution in [2.24, 2.45) is 0 Å². The Bertz CT molecular complexity index is 276. The van der Waals surface area contributed by atoms with Gasteiger partial charge in [-0.05, 0) is 33.6 Å². The standard InChI is InChI=1S/C13H26N2O4/c1-5-18-12(16)15-8-6-11(7-9-15)14-13(2,3)10-19-17-4/h11,14H,5-10H2,1-4H3. The third kappa shape index (κ3) is 5.76. The van der Waals surface area contributed by atoms with Gasteiger partial charge in [0.2, 0.25) is 0 Å². The normalized spacial score (nSPS) is 17.6. The molecule has 0 spiro atoms. The van der Waals surface area contributed by atoms with E-state index in [0.717, 1.165) is 25.9 Å². The molecule has 0 aromatic rings. The molecule has 1 aliphatic heterocycles. The molecule has 0 aliphatic carbocycles. The average molecular weight is 274 g/mol. The highest BCUT2D eigenvalue weighted by atomic mass is 17.2. The third-order valence-corrected chi connectivity index (χ3v) is 3.15. The number of nitrogens with one attached hydrogen (secondary N) is 1. The summed E-state index contributed by atoms with van der Waals surface area (Å²) in [6.07, 6.45) is 1.65. The van der Waals surface area contributed by atoms with Crippen molar-refractivity contribution in [2.75, 3.05) is 33.4 Å². The molecule has 0 unspecified atom stereocenters. The van der Waals surface area contributed by atoms with E-state index in [1.807, 2.05) is 6.92 Å². The third-order valence-electron chi connectivity index (χ3n) is 3.15. The highest BCUT2D eigenvalue weighted by molar-refractivity contribution is 5.67. The zero-order chi connectivity index (χ0) is 14.3. The molecule has 1 rings (SSSR count). The summed E-state index contributed by atoms with van der Waals surface area (Å²) < 4.78 is 5.00. The number of hydrogen-bond acceptors (Lipinski definition) is 5. The van der Waals surface area contributed by atoms with Crippen molar-refractivity contribution < 1.29 is 19.3 Å². The molecule has 1 fully saturated rings. The van der Waals surface area contributed by atoms with E-state index in [1.165, 1.54) is 7.11 Å². The topological polar surface area (TPSA) is 60.0 Å². The number of likely N-dealkylation sites (tertiary alicyclic amines) is 1. The lowest BCUT2D eigenvalue weighted by molar-refractivity contribution is -0.282. The van der Waals surface area contributed by atoms with Crippen LogP contribution in [0.15, 0.2) is 0 Å². The predicted octanol–water partition coefficient (Wildman–Crippen LogP) is 1.55. The van der Waals surface area contributed by atoms with Crippen LogP contribution in [-0.4, -0.2) is 56.0 Å². The Kier molecular flexibility index (Phi) is 6.54. The summed E-state index contributed by atoms with van der Waals surface area (Å²) in [7, 11) is 1.51. The number of carbonyl (C=O) groups is 1. The molecule has 19 heavy (non-hydrogen) atoms. The van der Waals surface area contributed by atoms with Gasteiger partial charge >= 0.3 is 6.09 Å². The zero-order valence-corrected chi connectivity index (χ0v) is 12.4. The minimum Gasteiger partial charge on any atom is -0.450 e. The summed E-state index contributed by atoms with van der Waals surface area (Å²) in [4.78, 5) is 23.0. The van der Waals surface area contributed by atoms with Crippen molar-refractivity contribution in [3.63, 3.8) is 0 Å². The van der Waals surface area contributed by atoms with Crippen molar-refractivity contribution in [1.82, 2.24) is 10.2 Å². The molecule has 0 aromatic heterocycles. The fourth-order valence-electron chi connectivity index (χ4n) is 2.22. The Balaban J connectivity index is 2.31. The van der Waals surface area contributed by atoms with Crippen molar-refractivity contribution in [3.8, 4) is 0 Å². The number of carbonyl (C=O) groups excluding carboxylic acids is 1. The molecule has 0 saturated carbocycles. The van der Waals surface area contributed by atoms with Crippen LogP contribution in [0.3, 0.4) is 0 Å². The van der Waals surface area contributed by atoms with Gasteiger partial charge < -0.3 is 15.0 Å². The maximum atomic E-state index is 11.6. The van der Waals surface area contributed by atoms with Crippen LogP contribution in [0.2, 0.25) is 0 Å². The average Bonchev–Trinajstić information content (AvgIpc) is 2.37. The maximum Gasteiger partial charge on any atom is 0.409 e. The van der Waals surface area contributed by atoms with Crippen LogP contribution >= 0.6 is 0 Å². The lowest BCUT2D eigenvalue weighted by atomic mass is 9.99. The quantitative estimate of drug-likeness (QED) is 0.588. The first-order valence-corrected chi connectivity index (χ1v) is 6.83. The van der Waals surface area contributed by atoms with E-state index in [-0.39, 0.29) is 11.6 Å². The Morgan fingerprint density at radius 1 is 1.37 bits per heavy atom. The summed E-state index contributed by atoms with van der Waals surface area (Å²) in [6, 6.07) is 0.390. The molecule has 0 radical (unpaired) electrons. The molecule has 1 N–H and O–H groups in total. The van der Waals surface area contributed by atoms with E-state index < -0.39 is 0 Å². The predicted molar refractivity (Wildman–Crippen MR) is 71.8 cm³/mol. The first kappa shape index (κ1) is 16.2. The Morgan fingerprint density at radius 3 is 2.53 bits per heavy atom. The van der Waals surface area contributed by atoms with Crippen LogP contribution in [-0.2, 0) is 14.5 Å². The van der Waals surface area contributed by atoms with Gasteiger partial charge in [0.05, 0.1) is 20.3 Å². The smallest absolute Gasteiger partial charge is 0.409 e. The van der Waals surface area contributed by atoms with E-state index in [1.54, 1.807) is 4.90 Å². The van der Waals surface area contributed by atoms with Gasteiger partial charge in [0.1, 0.15) is 0 Å². The Morgan fingerprint density at radius 2 is 2.00 bits per heavy atom. The number of amides is 1. The molecular weight excluding hydrogens is 248 g/mol. The molecule has 112 valence electrons. The first-order valence-electron chi connectivity index (χ1n) is 6.83. The second kappa shape index (κ2) is 7.67. The number of ether oxygens (including phenoxy) is 1. The second-order valence-electron chi connectivity index (χ2n) is 5.42. The van der Waals surface area contributed by atoms with Gasteiger partial charge in [0.15, 0.2) is 0 Å². The lowest BCUT2D eigenvalue weighted by Gasteiger charge is -2.36. The molecule has 0 atom stereocenters. The van der Waals surface area contributed by atoms with Gasteiger partial charge in [-0.3, -0.25) is 0 Å². The molecule has 6 nitrogen and oxygen atoms in total. The molecule has 0 bridgehead atoms. The SMILES string of the molecule is CCOC(=O)N1CCC(NC(C)(C)COOC)CC1. The summed E-state index contributed by atoms with van der Waals surface area (Å²) in [5.41, 5.74) is -0.146. The van der Waals surface area contributed by atoms with Crippen molar-refractivity contribution in [3.05, 3.63) is 0 Å². The minimum atomic E-state index is -0.206. The number of piperidine rings is 1. The van der Waals surface area contributed by atoms with Crippen molar-refractivity contribution in [1.29, 1.82) is 0 Å². The molecular formula is C13H26N2O4. The van der Waals surface area contributed by atoms with Crippen LogP contribution in [0, 0.1) is 0 Å². The minimum absolute atomic E-state index is 0.146. The van der Waals surface area contributed by atoms with Gasteiger partial charge in [-0.25, -0.2) is 14.6 Å². The Hall–Kier alpha value is -0.850. The molecule has 1 aliphatic rings. The van der Waals surface area contributed by atoms with Crippen LogP contribution in [0.5, 0.6) is 0 Å². The Labute approximate surface area is 115 Å². The van der Waals surface area contributed by atoms with Crippen LogP contribution in [0.25, 0.3) is 0 Å². The van der Waals surface area contributed by atoms with Gasteiger partial charge in [0.25, 0.3) is 0 Å². The van der Waals surface area contributed by atoms with Crippen molar-refractivity contribution >= 4 is 6.09 Å². The highest BCUT2D eigenvalue weighted by Gasteiger charge is 2.28. The van der Waals surface area contributed by atoms with Gasteiger partial charge in [-0.15, -0.1) is 0 Å². The second-order valence-corrected chi connectivity index (χ2v) is 5.42. The van der Waals surface area contributed by atoms with E-state index >= 15 is 0 Å².